The Hall–Kier alpha value is -1.26. The number of nitrogens with zero attached hydrogens (tertiary/aromatic N) is 1. The third-order valence-corrected chi connectivity index (χ3v) is 6.33. The van der Waals surface area contributed by atoms with E-state index in [0.29, 0.717) is 4.31 Å². The highest BCUT2D eigenvalue weighted by molar-refractivity contribution is 8.01. The first-order valence-corrected chi connectivity index (χ1v) is 8.17. The highest BCUT2D eigenvalue weighted by Gasteiger charge is 2.46. The van der Waals surface area contributed by atoms with Crippen LogP contribution in [0.1, 0.15) is 6.92 Å². The minimum absolute atomic E-state index is 0.0415. The smallest absolute Gasteiger partial charge is 0.322 e. The molecule has 0 aromatic heterocycles. The zero-order chi connectivity index (χ0) is 15.9. The lowest BCUT2D eigenvalue weighted by molar-refractivity contribution is -0.140. The van der Waals surface area contributed by atoms with Gasteiger partial charge in [-0.25, -0.2) is 21.6 Å². The number of carbonyl (C=O) groups is 1. The van der Waals surface area contributed by atoms with E-state index in [9.17, 15) is 26.4 Å². The normalized spacial score (nSPS) is 23.4. The predicted molar refractivity (Wildman–Crippen MR) is 68.7 cm³/mol. The lowest BCUT2D eigenvalue weighted by Crippen LogP contribution is -2.45. The Morgan fingerprint density at radius 3 is 2.33 bits per heavy atom. The van der Waals surface area contributed by atoms with Crippen molar-refractivity contribution < 1.29 is 31.5 Å². The molecule has 2 unspecified atom stereocenters. The molecule has 1 heterocycles. The van der Waals surface area contributed by atoms with E-state index in [4.69, 9.17) is 5.11 Å². The summed E-state index contributed by atoms with van der Waals surface area (Å²) in [4.78, 5) is 9.75. The van der Waals surface area contributed by atoms with Gasteiger partial charge in [0.1, 0.15) is 23.5 Å². The average Bonchev–Trinajstić information content (AvgIpc) is 2.69. The minimum Gasteiger partial charge on any atom is -0.480 e. The van der Waals surface area contributed by atoms with Crippen LogP contribution >= 0.6 is 11.8 Å². The molecule has 1 aliphatic heterocycles. The summed E-state index contributed by atoms with van der Waals surface area (Å²) in [5.74, 6) is -5.91. The van der Waals surface area contributed by atoms with Gasteiger partial charge in [-0.3, -0.25) is 4.79 Å². The number of hydrogen-bond donors (Lipinski definition) is 1. The van der Waals surface area contributed by atoms with E-state index in [1.165, 1.54) is 6.92 Å². The van der Waals surface area contributed by atoms with Crippen LogP contribution in [0.5, 0.6) is 0 Å². The summed E-state index contributed by atoms with van der Waals surface area (Å²) in [7, 11) is -4.75. The van der Waals surface area contributed by atoms with E-state index in [2.05, 4.69) is 0 Å². The molecule has 5 nitrogen and oxygen atoms in total. The quantitative estimate of drug-likeness (QED) is 0.905. The molecule has 0 aliphatic carbocycles. The van der Waals surface area contributed by atoms with Gasteiger partial charge in [0, 0.05) is 17.9 Å². The van der Waals surface area contributed by atoms with Crippen molar-refractivity contribution in [3.63, 3.8) is 0 Å². The number of sulfonamides is 1. The van der Waals surface area contributed by atoms with E-state index in [1.54, 1.807) is 0 Å². The third kappa shape index (κ3) is 2.74. The van der Waals surface area contributed by atoms with Crippen molar-refractivity contribution >= 4 is 27.8 Å². The van der Waals surface area contributed by atoms with Gasteiger partial charge in [-0.2, -0.15) is 4.31 Å². The average molecular weight is 341 g/mol. The molecule has 116 valence electrons. The van der Waals surface area contributed by atoms with Gasteiger partial charge in [0.05, 0.1) is 5.37 Å². The zero-order valence-electron chi connectivity index (χ0n) is 10.6. The molecule has 0 saturated carbocycles. The number of carboxylic acids is 1. The molecule has 2 rings (SSSR count). The maximum Gasteiger partial charge on any atom is 0.322 e. The van der Waals surface area contributed by atoms with E-state index in [1.807, 2.05) is 0 Å². The summed E-state index contributed by atoms with van der Waals surface area (Å²) in [6.07, 6.45) is 0. The molecule has 0 spiro atoms. The van der Waals surface area contributed by atoms with Crippen LogP contribution in [0.4, 0.5) is 13.2 Å². The van der Waals surface area contributed by atoms with Crippen LogP contribution in [0.25, 0.3) is 0 Å². The second kappa shape index (κ2) is 5.50. The molecule has 21 heavy (non-hydrogen) atoms. The van der Waals surface area contributed by atoms with Crippen molar-refractivity contribution in [2.24, 2.45) is 0 Å². The minimum atomic E-state index is -4.75. The second-order valence-electron chi connectivity index (χ2n) is 4.32. The molecule has 10 heteroatoms. The fraction of sp³-hybridized carbons (Fsp3) is 0.364. The van der Waals surface area contributed by atoms with Gasteiger partial charge in [0.15, 0.2) is 4.90 Å². The van der Waals surface area contributed by atoms with Gasteiger partial charge in [-0.05, 0) is 6.92 Å². The summed E-state index contributed by atoms with van der Waals surface area (Å²) >= 11 is 1.03. The number of rotatable bonds is 3. The van der Waals surface area contributed by atoms with Crippen LogP contribution in [-0.2, 0) is 14.8 Å². The van der Waals surface area contributed by atoms with Crippen LogP contribution < -0.4 is 0 Å². The molecule has 2 atom stereocenters. The van der Waals surface area contributed by atoms with Gasteiger partial charge < -0.3 is 5.11 Å². The van der Waals surface area contributed by atoms with Crippen molar-refractivity contribution in [1.82, 2.24) is 4.31 Å². The predicted octanol–water partition coefficient (Wildman–Crippen LogP) is 1.64. The van der Waals surface area contributed by atoms with Gasteiger partial charge in [-0.1, -0.05) is 0 Å². The highest BCUT2D eigenvalue weighted by atomic mass is 32.2. The van der Waals surface area contributed by atoms with E-state index in [0.717, 1.165) is 11.8 Å². The molecular formula is C11H10F3NO4S2. The SMILES string of the molecule is CC1SCC(C(=O)O)N1S(=O)(=O)c1c(F)cc(F)cc1F. The van der Waals surface area contributed by atoms with Crippen molar-refractivity contribution in [2.45, 2.75) is 23.2 Å². The molecule has 1 aromatic rings. The number of aliphatic carboxylic acids is 1. The molecule has 0 radical (unpaired) electrons. The summed E-state index contributed by atoms with van der Waals surface area (Å²) < 4.78 is 65.5. The Kier molecular flexibility index (Phi) is 4.22. The Morgan fingerprint density at radius 2 is 1.86 bits per heavy atom. The fourth-order valence-electron chi connectivity index (χ4n) is 2.05. The molecular weight excluding hydrogens is 331 g/mol. The first-order valence-electron chi connectivity index (χ1n) is 5.68. The summed E-state index contributed by atoms with van der Waals surface area (Å²) in [5.41, 5.74) is 0. The monoisotopic (exact) mass is 341 g/mol. The van der Waals surface area contributed by atoms with Crippen LogP contribution in [0.3, 0.4) is 0 Å². The van der Waals surface area contributed by atoms with Crippen LogP contribution in [0, 0.1) is 17.5 Å². The molecule has 1 fully saturated rings. The Morgan fingerprint density at radius 1 is 1.33 bits per heavy atom. The lowest BCUT2D eigenvalue weighted by Gasteiger charge is -2.24. The first-order chi connectivity index (χ1) is 9.66. The summed E-state index contributed by atoms with van der Waals surface area (Å²) in [5, 5.41) is 8.22. The number of hydrogen-bond acceptors (Lipinski definition) is 4. The summed E-state index contributed by atoms with van der Waals surface area (Å²) in [6, 6.07) is -0.960. The van der Waals surface area contributed by atoms with Crippen molar-refractivity contribution in [3.8, 4) is 0 Å². The van der Waals surface area contributed by atoms with Crippen LogP contribution in [0.2, 0.25) is 0 Å². The van der Waals surface area contributed by atoms with E-state index < -0.39 is 49.8 Å². The van der Waals surface area contributed by atoms with Crippen LogP contribution in [0.15, 0.2) is 17.0 Å². The maximum atomic E-state index is 13.7. The molecule has 1 aromatic carbocycles. The summed E-state index contributed by atoms with van der Waals surface area (Å²) in [6.45, 7) is 1.41. The Balaban J connectivity index is 2.59. The van der Waals surface area contributed by atoms with Crippen LogP contribution in [-0.4, -0.2) is 41.0 Å². The number of halogens is 3. The van der Waals surface area contributed by atoms with Gasteiger partial charge >= 0.3 is 5.97 Å². The molecule has 1 N–H and O–H groups in total. The van der Waals surface area contributed by atoms with Crippen molar-refractivity contribution in [2.75, 3.05) is 5.75 Å². The second-order valence-corrected chi connectivity index (χ2v) is 7.45. The van der Waals surface area contributed by atoms with Gasteiger partial charge in [-0.15, -0.1) is 11.8 Å². The third-order valence-electron chi connectivity index (χ3n) is 2.94. The number of benzene rings is 1. The Labute approximate surface area is 122 Å². The standard InChI is InChI=1S/C11H10F3NO4S2/c1-5-15(9(4-20-5)11(16)17)21(18,19)10-7(13)2-6(12)3-8(10)14/h2-3,5,9H,4H2,1H3,(H,16,17). The highest BCUT2D eigenvalue weighted by Crippen LogP contribution is 2.36. The Bertz CT molecular complexity index is 672. The largest absolute Gasteiger partial charge is 0.480 e. The van der Waals surface area contributed by atoms with Gasteiger partial charge in [0.2, 0.25) is 0 Å². The lowest BCUT2D eigenvalue weighted by atomic mass is 10.3. The van der Waals surface area contributed by atoms with Crippen molar-refractivity contribution in [3.05, 3.63) is 29.6 Å². The number of thioether (sulfide) groups is 1. The first kappa shape index (κ1) is 16.1. The van der Waals surface area contributed by atoms with E-state index in [-0.39, 0.29) is 17.9 Å². The molecule has 1 saturated heterocycles. The topological polar surface area (TPSA) is 74.7 Å². The molecule has 1 aliphatic rings. The van der Waals surface area contributed by atoms with E-state index >= 15 is 0 Å². The fourth-order valence-corrected chi connectivity index (χ4v) is 5.44. The van der Waals surface area contributed by atoms with Gasteiger partial charge in [0.25, 0.3) is 10.0 Å². The zero-order valence-corrected chi connectivity index (χ0v) is 12.2. The molecule has 0 amide bonds. The maximum absolute atomic E-state index is 13.7. The van der Waals surface area contributed by atoms with Crippen molar-refractivity contribution in [1.29, 1.82) is 0 Å². The number of carboxylic acid groups (broad SMARTS) is 1. The molecule has 0 bridgehead atoms.